The molecule has 1 aromatic carbocycles. The van der Waals surface area contributed by atoms with Crippen molar-refractivity contribution in [3.63, 3.8) is 0 Å². The summed E-state index contributed by atoms with van der Waals surface area (Å²) in [5.74, 6) is 1.14. The number of rotatable bonds is 6. The van der Waals surface area contributed by atoms with E-state index in [1.54, 1.807) is 28.3 Å². The molecule has 8 heteroatoms. The van der Waals surface area contributed by atoms with Crippen LogP contribution in [0, 0.1) is 13.8 Å². The van der Waals surface area contributed by atoms with Crippen molar-refractivity contribution in [1.82, 2.24) is 24.2 Å². The summed E-state index contributed by atoms with van der Waals surface area (Å²) in [6.07, 6.45) is 5.41. The van der Waals surface area contributed by atoms with Gasteiger partial charge in [-0.2, -0.15) is 0 Å². The summed E-state index contributed by atoms with van der Waals surface area (Å²) in [6, 6.07) is 13.3. The van der Waals surface area contributed by atoms with Crippen LogP contribution in [0.25, 0.3) is 5.82 Å². The van der Waals surface area contributed by atoms with Gasteiger partial charge in [-0.15, -0.1) is 0 Å². The van der Waals surface area contributed by atoms with E-state index in [0.29, 0.717) is 23.3 Å². The van der Waals surface area contributed by atoms with Crippen LogP contribution < -0.4 is 5.69 Å². The van der Waals surface area contributed by atoms with E-state index in [1.165, 1.54) is 0 Å². The number of hydrogen-bond acceptors (Lipinski definition) is 5. The van der Waals surface area contributed by atoms with Gasteiger partial charge in [0, 0.05) is 35.4 Å². The smallest absolute Gasteiger partial charge is 0.335 e. The Labute approximate surface area is 179 Å². The van der Waals surface area contributed by atoms with Crippen LogP contribution in [0.3, 0.4) is 0 Å². The number of nitrogens with zero attached hydrogens (tertiary/aromatic N) is 5. The number of aryl methyl sites for hydroxylation is 2. The van der Waals surface area contributed by atoms with Crippen molar-refractivity contribution in [2.24, 2.45) is 0 Å². The highest BCUT2D eigenvalue weighted by Gasteiger charge is 2.22. The molecule has 0 spiro atoms. The minimum atomic E-state index is -0.173. The summed E-state index contributed by atoms with van der Waals surface area (Å²) in [4.78, 5) is 19.4. The Kier molecular flexibility index (Phi) is 5.57. The Bertz CT molecular complexity index is 1190. The van der Waals surface area contributed by atoms with Crippen LogP contribution in [-0.4, -0.2) is 31.2 Å². The number of hydrogen-bond donors (Lipinski definition) is 0. The molecule has 0 radical (unpaired) electrons. The molecule has 154 valence electrons. The van der Waals surface area contributed by atoms with Crippen LogP contribution in [-0.2, 0) is 6.67 Å². The topological polar surface area (TPSA) is 69.1 Å². The Morgan fingerprint density at radius 3 is 2.57 bits per heavy atom. The number of pyridine rings is 1. The maximum absolute atomic E-state index is 13.1. The predicted molar refractivity (Wildman–Crippen MR) is 115 cm³/mol. The SMILES string of the molecule is Cc1cc(-n2c(C)cn(CN(C)C(c3ccc(Cl)cc3)c3cccnc3)c2=O)no1. The molecule has 1 unspecified atom stereocenters. The van der Waals surface area contributed by atoms with Gasteiger partial charge in [0.1, 0.15) is 5.76 Å². The number of halogens is 1. The van der Waals surface area contributed by atoms with Crippen molar-refractivity contribution >= 4 is 11.6 Å². The molecular formula is C22H22ClN5O2. The van der Waals surface area contributed by atoms with Crippen molar-refractivity contribution in [1.29, 1.82) is 0 Å². The van der Waals surface area contributed by atoms with E-state index >= 15 is 0 Å². The average Bonchev–Trinajstić information content (AvgIpc) is 3.26. The maximum Gasteiger partial charge on any atom is 0.335 e. The normalized spacial score (nSPS) is 12.4. The summed E-state index contributed by atoms with van der Waals surface area (Å²) in [5.41, 5.74) is 2.70. The zero-order chi connectivity index (χ0) is 21.3. The molecule has 4 aromatic rings. The third-order valence-corrected chi connectivity index (χ3v) is 5.23. The molecule has 0 aliphatic heterocycles. The first-order chi connectivity index (χ1) is 14.4. The highest BCUT2D eigenvalue weighted by Crippen LogP contribution is 2.28. The minimum absolute atomic E-state index is 0.0965. The zero-order valence-electron chi connectivity index (χ0n) is 17.0. The standard InChI is InChI=1S/C22H22ClN5O2/c1-15-13-27(22(29)28(15)20-11-16(2)30-25-20)14-26(3)21(18-5-4-10-24-12-18)17-6-8-19(23)9-7-17/h4-13,21H,14H2,1-3H3. The molecule has 0 N–H and O–H groups in total. The molecule has 1 atom stereocenters. The van der Waals surface area contributed by atoms with Gasteiger partial charge < -0.3 is 4.52 Å². The largest absolute Gasteiger partial charge is 0.360 e. The van der Waals surface area contributed by atoms with Gasteiger partial charge in [0.15, 0.2) is 5.82 Å². The van der Waals surface area contributed by atoms with Gasteiger partial charge in [-0.05, 0) is 50.2 Å². The highest BCUT2D eigenvalue weighted by molar-refractivity contribution is 6.30. The van der Waals surface area contributed by atoms with Crippen LogP contribution in [0.4, 0.5) is 0 Å². The maximum atomic E-state index is 13.1. The fourth-order valence-electron chi connectivity index (χ4n) is 3.66. The lowest BCUT2D eigenvalue weighted by molar-refractivity contribution is 0.217. The van der Waals surface area contributed by atoms with E-state index in [9.17, 15) is 4.79 Å². The van der Waals surface area contributed by atoms with Crippen LogP contribution in [0.1, 0.15) is 28.6 Å². The summed E-state index contributed by atoms with van der Waals surface area (Å²) in [7, 11) is 1.98. The van der Waals surface area contributed by atoms with Gasteiger partial charge in [0.2, 0.25) is 0 Å². The average molecular weight is 424 g/mol. The van der Waals surface area contributed by atoms with Crippen LogP contribution in [0.2, 0.25) is 5.02 Å². The van der Waals surface area contributed by atoms with Crippen molar-refractivity contribution in [3.05, 3.63) is 99.1 Å². The molecule has 30 heavy (non-hydrogen) atoms. The summed E-state index contributed by atoms with van der Waals surface area (Å²) >= 11 is 6.08. The van der Waals surface area contributed by atoms with E-state index < -0.39 is 0 Å². The van der Waals surface area contributed by atoms with Crippen molar-refractivity contribution in [2.75, 3.05) is 7.05 Å². The summed E-state index contributed by atoms with van der Waals surface area (Å²) in [6.45, 7) is 4.05. The highest BCUT2D eigenvalue weighted by atomic mass is 35.5. The van der Waals surface area contributed by atoms with Crippen LogP contribution in [0.15, 0.2) is 70.4 Å². The van der Waals surface area contributed by atoms with E-state index in [4.69, 9.17) is 16.1 Å². The summed E-state index contributed by atoms with van der Waals surface area (Å²) < 4.78 is 8.35. The molecule has 0 fully saturated rings. The Hall–Kier alpha value is -3.16. The van der Waals surface area contributed by atoms with E-state index in [2.05, 4.69) is 15.0 Å². The Balaban J connectivity index is 1.69. The molecule has 0 aliphatic carbocycles. The first-order valence-electron chi connectivity index (χ1n) is 9.52. The predicted octanol–water partition coefficient (Wildman–Crippen LogP) is 3.97. The van der Waals surface area contributed by atoms with Gasteiger partial charge in [-0.25, -0.2) is 9.36 Å². The molecule has 0 aliphatic rings. The lowest BCUT2D eigenvalue weighted by Gasteiger charge is -2.28. The fourth-order valence-corrected chi connectivity index (χ4v) is 3.79. The first-order valence-corrected chi connectivity index (χ1v) is 9.90. The first kappa shape index (κ1) is 20.1. The van der Waals surface area contributed by atoms with E-state index in [-0.39, 0.29) is 11.7 Å². The second kappa shape index (κ2) is 8.30. The van der Waals surface area contributed by atoms with Crippen LogP contribution in [0.5, 0.6) is 0 Å². The second-order valence-corrected chi connectivity index (χ2v) is 7.73. The van der Waals surface area contributed by atoms with Gasteiger partial charge >= 0.3 is 5.69 Å². The van der Waals surface area contributed by atoms with E-state index in [1.807, 2.05) is 62.8 Å². The molecule has 4 rings (SSSR count). The van der Waals surface area contributed by atoms with Crippen LogP contribution >= 0.6 is 11.6 Å². The Morgan fingerprint density at radius 2 is 1.93 bits per heavy atom. The molecule has 0 saturated heterocycles. The van der Waals surface area contributed by atoms with Gasteiger partial charge in [-0.1, -0.05) is 35.0 Å². The molecular weight excluding hydrogens is 402 g/mol. The van der Waals surface area contributed by atoms with E-state index in [0.717, 1.165) is 16.8 Å². The van der Waals surface area contributed by atoms with Crippen molar-refractivity contribution < 1.29 is 4.52 Å². The lowest BCUT2D eigenvalue weighted by Crippen LogP contribution is -2.33. The molecule has 3 aromatic heterocycles. The van der Waals surface area contributed by atoms with Crippen molar-refractivity contribution in [2.45, 2.75) is 26.6 Å². The number of imidazole rings is 1. The molecule has 0 amide bonds. The zero-order valence-corrected chi connectivity index (χ0v) is 17.7. The lowest BCUT2D eigenvalue weighted by atomic mass is 9.99. The quantitative estimate of drug-likeness (QED) is 0.469. The second-order valence-electron chi connectivity index (χ2n) is 7.29. The van der Waals surface area contributed by atoms with Crippen molar-refractivity contribution in [3.8, 4) is 5.82 Å². The Morgan fingerprint density at radius 1 is 1.17 bits per heavy atom. The molecule has 3 heterocycles. The van der Waals surface area contributed by atoms with Gasteiger partial charge in [0.05, 0.1) is 12.7 Å². The fraction of sp³-hybridized carbons (Fsp3) is 0.227. The van der Waals surface area contributed by atoms with Gasteiger partial charge in [-0.3, -0.25) is 14.5 Å². The third kappa shape index (κ3) is 3.94. The number of benzene rings is 1. The molecule has 0 saturated carbocycles. The minimum Gasteiger partial charge on any atom is -0.360 e. The molecule has 0 bridgehead atoms. The van der Waals surface area contributed by atoms with Gasteiger partial charge in [0.25, 0.3) is 0 Å². The third-order valence-electron chi connectivity index (χ3n) is 4.98. The summed E-state index contributed by atoms with van der Waals surface area (Å²) in [5, 5.41) is 4.66. The number of aromatic nitrogens is 4. The monoisotopic (exact) mass is 423 g/mol. The molecule has 7 nitrogen and oxygen atoms in total.